The third-order valence-corrected chi connectivity index (χ3v) is 1.75. The van der Waals surface area contributed by atoms with Crippen LogP contribution in [0.4, 0.5) is 0 Å². The van der Waals surface area contributed by atoms with Gasteiger partial charge in [-0.25, -0.2) is 0 Å². The molecule has 7 nitrogen and oxygen atoms in total. The molecule has 0 saturated heterocycles. The molecule has 0 aliphatic heterocycles. The van der Waals surface area contributed by atoms with Crippen molar-refractivity contribution in [3.05, 3.63) is 12.1 Å². The van der Waals surface area contributed by atoms with Crippen LogP contribution < -0.4 is 14.2 Å². The zero-order chi connectivity index (χ0) is 14.6. The second-order valence-corrected chi connectivity index (χ2v) is 3.53. The first-order valence-electron chi connectivity index (χ1n) is 5.20. The van der Waals surface area contributed by atoms with Crippen molar-refractivity contribution in [2.24, 2.45) is 0 Å². The molecule has 0 saturated carbocycles. The number of hydrogen-bond acceptors (Lipinski definition) is 6. The smallest absolute Gasteiger partial charge is 0.308 e. The zero-order valence-electron chi connectivity index (χ0n) is 10.5. The van der Waals surface area contributed by atoms with Crippen molar-refractivity contribution in [3.63, 3.8) is 0 Å². The Balaban J connectivity index is 3.33. The van der Waals surface area contributed by atoms with Crippen LogP contribution in [0.5, 0.6) is 23.0 Å². The molecule has 1 aromatic carbocycles. The van der Waals surface area contributed by atoms with E-state index in [0.29, 0.717) is 0 Å². The lowest BCUT2D eigenvalue weighted by molar-refractivity contribution is -0.135. The van der Waals surface area contributed by atoms with E-state index in [1.165, 1.54) is 0 Å². The molecule has 19 heavy (non-hydrogen) atoms. The average Bonchev–Trinajstić information content (AvgIpc) is 2.20. The van der Waals surface area contributed by atoms with Crippen LogP contribution in [0.15, 0.2) is 12.1 Å². The second kappa shape index (κ2) is 5.85. The van der Waals surface area contributed by atoms with E-state index >= 15 is 0 Å². The number of ether oxygens (including phenoxy) is 3. The highest BCUT2D eigenvalue weighted by Gasteiger charge is 2.20. The summed E-state index contributed by atoms with van der Waals surface area (Å²) < 4.78 is 14.3. The lowest BCUT2D eigenvalue weighted by Crippen LogP contribution is -2.10. The molecule has 0 amide bonds. The van der Waals surface area contributed by atoms with Gasteiger partial charge in [-0.2, -0.15) is 0 Å². The topological polar surface area (TPSA) is 98.8 Å². The highest BCUT2D eigenvalue weighted by molar-refractivity contribution is 5.78. The van der Waals surface area contributed by atoms with Crippen molar-refractivity contribution in [3.8, 4) is 23.0 Å². The molecule has 0 bridgehead atoms. The van der Waals surface area contributed by atoms with Crippen molar-refractivity contribution < 1.29 is 33.7 Å². The SMILES string of the molecule is CC(=O)Oc1cc([O])cc(OC(C)=O)c1OC(C)=O. The fourth-order valence-corrected chi connectivity index (χ4v) is 1.26. The van der Waals surface area contributed by atoms with Crippen LogP contribution in [-0.2, 0) is 19.5 Å². The fraction of sp³-hybridized carbons (Fsp3) is 0.250. The molecule has 1 aromatic rings. The summed E-state index contributed by atoms with van der Waals surface area (Å²) in [5.41, 5.74) is 0. The van der Waals surface area contributed by atoms with Gasteiger partial charge in [0.15, 0.2) is 17.2 Å². The summed E-state index contributed by atoms with van der Waals surface area (Å²) in [6.45, 7) is 3.33. The highest BCUT2D eigenvalue weighted by Crippen LogP contribution is 2.41. The predicted molar refractivity (Wildman–Crippen MR) is 60.5 cm³/mol. The van der Waals surface area contributed by atoms with Crippen LogP contribution in [0.1, 0.15) is 20.8 Å². The summed E-state index contributed by atoms with van der Waals surface area (Å²) in [6.07, 6.45) is 0. The third-order valence-electron chi connectivity index (χ3n) is 1.75. The summed E-state index contributed by atoms with van der Waals surface area (Å²) in [5.74, 6) is -3.58. The molecule has 101 valence electrons. The molecule has 0 aromatic heterocycles. The lowest BCUT2D eigenvalue weighted by Gasteiger charge is -2.12. The van der Waals surface area contributed by atoms with Gasteiger partial charge in [0, 0.05) is 32.9 Å². The van der Waals surface area contributed by atoms with Gasteiger partial charge < -0.3 is 14.2 Å². The minimum absolute atomic E-state index is 0.286. The molecule has 0 aliphatic carbocycles. The van der Waals surface area contributed by atoms with Gasteiger partial charge in [0.25, 0.3) is 0 Å². The predicted octanol–water partition coefficient (Wildman–Crippen LogP) is 1.61. The Morgan fingerprint density at radius 1 is 0.789 bits per heavy atom. The van der Waals surface area contributed by atoms with Gasteiger partial charge in [-0.1, -0.05) is 0 Å². The van der Waals surface area contributed by atoms with Crippen LogP contribution in [-0.4, -0.2) is 17.9 Å². The van der Waals surface area contributed by atoms with E-state index in [2.05, 4.69) is 0 Å². The molecule has 0 N–H and O–H groups in total. The standard InChI is InChI=1S/C12H11O7/c1-6(13)17-10-4-9(16)5-11(18-7(2)14)12(10)19-8(3)15/h4-5H,1-3H3. The summed E-state index contributed by atoms with van der Waals surface area (Å²) in [5, 5.41) is 11.4. The molecular weight excluding hydrogens is 256 g/mol. The highest BCUT2D eigenvalue weighted by atomic mass is 16.6. The number of rotatable bonds is 3. The Hall–Kier alpha value is -2.57. The number of carbonyl (C=O) groups excluding carboxylic acids is 3. The van der Waals surface area contributed by atoms with Gasteiger partial charge in [-0.15, -0.1) is 0 Å². The number of hydrogen-bond donors (Lipinski definition) is 0. The van der Waals surface area contributed by atoms with E-state index in [1.54, 1.807) is 0 Å². The summed E-state index contributed by atoms with van der Waals surface area (Å²) >= 11 is 0. The van der Waals surface area contributed by atoms with Gasteiger partial charge in [-0.3, -0.25) is 19.5 Å². The minimum atomic E-state index is -0.722. The van der Waals surface area contributed by atoms with E-state index in [9.17, 15) is 19.5 Å². The van der Waals surface area contributed by atoms with Crippen molar-refractivity contribution in [1.82, 2.24) is 0 Å². The maximum atomic E-state index is 11.4. The first kappa shape index (κ1) is 14.5. The zero-order valence-corrected chi connectivity index (χ0v) is 10.5. The molecular formula is C12H11O7. The summed E-state index contributed by atoms with van der Waals surface area (Å²) in [4.78, 5) is 32.8. The van der Waals surface area contributed by atoms with Crippen molar-refractivity contribution in [2.75, 3.05) is 0 Å². The van der Waals surface area contributed by atoms with Crippen molar-refractivity contribution in [2.45, 2.75) is 20.8 Å². The number of benzene rings is 1. The van der Waals surface area contributed by atoms with Crippen molar-refractivity contribution >= 4 is 17.9 Å². The number of esters is 3. The Kier molecular flexibility index (Phi) is 4.46. The molecule has 0 unspecified atom stereocenters. The van der Waals surface area contributed by atoms with Gasteiger partial charge in [0.1, 0.15) is 0 Å². The average molecular weight is 267 g/mol. The Bertz CT molecular complexity index is 496. The lowest BCUT2D eigenvalue weighted by atomic mass is 10.2. The van der Waals surface area contributed by atoms with Gasteiger partial charge in [0.2, 0.25) is 5.75 Å². The third kappa shape index (κ3) is 4.30. The minimum Gasteiger partial charge on any atom is -0.422 e. The normalized spacial score (nSPS) is 9.63. The monoisotopic (exact) mass is 267 g/mol. The second-order valence-electron chi connectivity index (χ2n) is 3.53. The fourth-order valence-electron chi connectivity index (χ4n) is 1.26. The molecule has 0 heterocycles. The summed E-state index contributed by atoms with van der Waals surface area (Å²) in [7, 11) is 0. The molecule has 1 radical (unpaired) electrons. The van der Waals surface area contributed by atoms with E-state index in [4.69, 9.17) is 14.2 Å². The Labute approximate surface area is 108 Å². The van der Waals surface area contributed by atoms with Crippen LogP contribution in [0.3, 0.4) is 0 Å². The van der Waals surface area contributed by atoms with Crippen LogP contribution in [0.2, 0.25) is 0 Å². The van der Waals surface area contributed by atoms with E-state index in [0.717, 1.165) is 32.9 Å². The van der Waals surface area contributed by atoms with Gasteiger partial charge in [-0.05, 0) is 0 Å². The van der Waals surface area contributed by atoms with E-state index in [1.807, 2.05) is 0 Å². The molecule has 0 atom stereocenters. The molecule has 0 fully saturated rings. The maximum Gasteiger partial charge on any atom is 0.308 e. The Morgan fingerprint density at radius 2 is 1.16 bits per heavy atom. The van der Waals surface area contributed by atoms with Crippen LogP contribution in [0.25, 0.3) is 0 Å². The van der Waals surface area contributed by atoms with Gasteiger partial charge >= 0.3 is 17.9 Å². The molecule has 7 heteroatoms. The number of carbonyl (C=O) groups is 3. The molecule has 1 rings (SSSR count). The van der Waals surface area contributed by atoms with Crippen LogP contribution >= 0.6 is 0 Å². The summed E-state index contributed by atoms with van der Waals surface area (Å²) in [6, 6.07) is 1.90. The molecule has 0 spiro atoms. The van der Waals surface area contributed by atoms with E-state index in [-0.39, 0.29) is 17.2 Å². The van der Waals surface area contributed by atoms with E-state index < -0.39 is 23.7 Å². The Morgan fingerprint density at radius 3 is 1.47 bits per heavy atom. The first-order chi connectivity index (χ1) is 8.79. The van der Waals surface area contributed by atoms with Gasteiger partial charge in [0.05, 0.1) is 0 Å². The quantitative estimate of drug-likeness (QED) is 0.609. The maximum absolute atomic E-state index is 11.4. The largest absolute Gasteiger partial charge is 0.422 e. The first-order valence-corrected chi connectivity index (χ1v) is 5.20. The molecule has 0 aliphatic rings. The van der Waals surface area contributed by atoms with Crippen LogP contribution in [0, 0.1) is 0 Å². The van der Waals surface area contributed by atoms with Crippen molar-refractivity contribution in [1.29, 1.82) is 0 Å².